The fourth-order valence-corrected chi connectivity index (χ4v) is 4.72. The van der Waals surface area contributed by atoms with Crippen molar-refractivity contribution in [2.75, 3.05) is 24.7 Å². The Morgan fingerprint density at radius 1 is 1.21 bits per heavy atom. The van der Waals surface area contributed by atoms with E-state index >= 15 is 0 Å². The van der Waals surface area contributed by atoms with Gasteiger partial charge in [0.25, 0.3) is 16.8 Å². The maximum atomic E-state index is 12.6. The van der Waals surface area contributed by atoms with Crippen LogP contribution in [-0.2, 0) is 6.42 Å². The summed E-state index contributed by atoms with van der Waals surface area (Å²) in [4.78, 5) is 42.5. The third-order valence-corrected chi connectivity index (χ3v) is 7.03. The Kier molecular flexibility index (Phi) is 5.03. The number of carbonyl (C=O) groups is 1. The Balaban J connectivity index is 1.47. The van der Waals surface area contributed by atoms with Crippen molar-refractivity contribution >= 4 is 23.0 Å². The molecule has 1 saturated carbocycles. The van der Waals surface area contributed by atoms with Crippen LogP contribution in [0.3, 0.4) is 0 Å². The van der Waals surface area contributed by atoms with Gasteiger partial charge in [-0.3, -0.25) is 14.4 Å². The number of aromatic hydroxyl groups is 1. The van der Waals surface area contributed by atoms with Crippen molar-refractivity contribution in [3.8, 4) is 5.75 Å². The van der Waals surface area contributed by atoms with Gasteiger partial charge in [0, 0.05) is 20.3 Å². The summed E-state index contributed by atoms with van der Waals surface area (Å²) in [6, 6.07) is 1.16. The summed E-state index contributed by atoms with van der Waals surface area (Å²) < 4.78 is 6.01. The molecule has 1 aromatic carbocycles. The number of amides is 1. The highest BCUT2D eigenvalue weighted by molar-refractivity contribution is 5.97. The number of hydrogen-bond acceptors (Lipinski definition) is 8. The van der Waals surface area contributed by atoms with Gasteiger partial charge in [0.2, 0.25) is 0 Å². The topological polar surface area (TPSA) is 125 Å². The van der Waals surface area contributed by atoms with E-state index in [-0.39, 0.29) is 40.0 Å². The zero-order chi connectivity index (χ0) is 24.4. The smallest absolute Gasteiger partial charge is 0.275 e. The third-order valence-electron chi connectivity index (χ3n) is 7.03. The highest BCUT2D eigenvalue weighted by Crippen LogP contribution is 2.51. The number of nitrogens with one attached hydrogen (secondary N) is 2. The average molecular weight is 465 g/mol. The van der Waals surface area contributed by atoms with Crippen LogP contribution < -0.4 is 21.5 Å². The standard InChI is InChI=1S/C25H28N4O5/c1-25(2)9-7-13-14(12-5-6-12)11-34-22(13)23(25)28-17-16(20(31)21(17)32)27-15-8-10-26-18(19(15)30)24(33)29(3)4/h8,10-12,23,28,30H,5-7,9H2,1-4H3,(H,26,27)/t23-/m1/s1. The number of pyridine rings is 1. The molecule has 2 aromatic heterocycles. The number of aromatic nitrogens is 1. The van der Waals surface area contributed by atoms with Gasteiger partial charge >= 0.3 is 0 Å². The number of rotatable bonds is 6. The van der Waals surface area contributed by atoms with Crippen LogP contribution in [0.25, 0.3) is 0 Å². The summed E-state index contributed by atoms with van der Waals surface area (Å²) in [7, 11) is 3.09. The lowest BCUT2D eigenvalue weighted by atomic mass is 9.72. The normalized spacial score (nSPS) is 19.0. The van der Waals surface area contributed by atoms with Crippen molar-refractivity contribution < 1.29 is 14.3 Å². The molecule has 1 amide bonds. The van der Waals surface area contributed by atoms with Crippen LogP contribution in [0.5, 0.6) is 5.75 Å². The Morgan fingerprint density at radius 3 is 2.59 bits per heavy atom. The molecule has 0 aliphatic heterocycles. The molecule has 178 valence electrons. The highest BCUT2D eigenvalue weighted by atomic mass is 16.3. The van der Waals surface area contributed by atoms with Crippen molar-refractivity contribution in [2.45, 2.75) is 51.5 Å². The summed E-state index contributed by atoms with van der Waals surface area (Å²) in [6.45, 7) is 4.22. The van der Waals surface area contributed by atoms with Crippen LogP contribution in [0.1, 0.15) is 72.4 Å². The van der Waals surface area contributed by atoms with E-state index in [1.165, 1.54) is 41.1 Å². The molecule has 2 aliphatic rings. The van der Waals surface area contributed by atoms with Crippen LogP contribution in [0.2, 0.25) is 0 Å². The molecule has 0 spiro atoms. The maximum Gasteiger partial charge on any atom is 0.275 e. The minimum atomic E-state index is -0.689. The van der Waals surface area contributed by atoms with Crippen LogP contribution in [-0.4, -0.2) is 35.0 Å². The molecule has 9 nitrogen and oxygen atoms in total. The quantitative estimate of drug-likeness (QED) is 0.474. The van der Waals surface area contributed by atoms with Crippen molar-refractivity contribution in [2.24, 2.45) is 5.41 Å². The van der Waals surface area contributed by atoms with Crippen molar-refractivity contribution in [3.05, 3.63) is 61.6 Å². The van der Waals surface area contributed by atoms with E-state index in [0.29, 0.717) is 5.92 Å². The molecule has 2 heterocycles. The molecule has 1 fully saturated rings. The van der Waals surface area contributed by atoms with Gasteiger partial charge in [-0.05, 0) is 54.2 Å². The van der Waals surface area contributed by atoms with Gasteiger partial charge in [-0.25, -0.2) is 4.98 Å². The number of carbonyl (C=O) groups excluding carboxylic acids is 1. The molecule has 5 rings (SSSR count). The predicted molar refractivity (Wildman–Crippen MR) is 128 cm³/mol. The van der Waals surface area contributed by atoms with E-state index in [0.717, 1.165) is 18.6 Å². The first-order chi connectivity index (χ1) is 16.1. The second-order valence-corrected chi connectivity index (χ2v) is 10.2. The Hall–Kier alpha value is -3.62. The largest absolute Gasteiger partial charge is 0.504 e. The number of furan rings is 1. The lowest BCUT2D eigenvalue weighted by molar-refractivity contribution is 0.0819. The Labute approximate surface area is 196 Å². The molecule has 0 bridgehead atoms. The second-order valence-electron chi connectivity index (χ2n) is 10.2. The number of anilines is 3. The van der Waals surface area contributed by atoms with E-state index in [1.54, 1.807) is 14.1 Å². The van der Waals surface area contributed by atoms with Crippen molar-refractivity contribution in [3.63, 3.8) is 0 Å². The Morgan fingerprint density at radius 2 is 1.91 bits per heavy atom. The van der Waals surface area contributed by atoms with Gasteiger partial charge in [0.1, 0.15) is 17.1 Å². The maximum absolute atomic E-state index is 12.6. The van der Waals surface area contributed by atoms with Gasteiger partial charge in [-0.1, -0.05) is 13.8 Å². The second kappa shape index (κ2) is 7.72. The minimum absolute atomic E-state index is 0.0478. The predicted octanol–water partition coefficient (Wildman–Crippen LogP) is 3.42. The van der Waals surface area contributed by atoms with E-state index in [9.17, 15) is 19.5 Å². The van der Waals surface area contributed by atoms with Crippen LogP contribution >= 0.6 is 0 Å². The summed E-state index contributed by atoms with van der Waals surface area (Å²) >= 11 is 0. The van der Waals surface area contributed by atoms with Gasteiger partial charge in [-0.15, -0.1) is 0 Å². The number of fused-ring (bicyclic) bond motifs is 1. The minimum Gasteiger partial charge on any atom is -0.504 e. The van der Waals surface area contributed by atoms with Crippen molar-refractivity contribution in [1.29, 1.82) is 0 Å². The van der Waals surface area contributed by atoms with Gasteiger partial charge in [0.05, 0.1) is 18.0 Å². The molecule has 1 atom stereocenters. The molecular formula is C25H28N4O5. The molecule has 0 unspecified atom stereocenters. The zero-order valence-electron chi connectivity index (χ0n) is 19.7. The van der Waals surface area contributed by atoms with E-state index in [2.05, 4.69) is 29.5 Å². The van der Waals surface area contributed by atoms with Gasteiger partial charge in [0.15, 0.2) is 11.4 Å². The molecule has 0 radical (unpaired) electrons. The average Bonchev–Trinajstić information content (AvgIpc) is 3.56. The summed E-state index contributed by atoms with van der Waals surface area (Å²) in [5.74, 6) is 0.514. The molecular weight excluding hydrogens is 436 g/mol. The lowest BCUT2D eigenvalue weighted by Crippen LogP contribution is -2.41. The van der Waals surface area contributed by atoms with Crippen molar-refractivity contribution in [1.82, 2.24) is 9.88 Å². The fraction of sp³-hybridized carbons (Fsp3) is 0.440. The third kappa shape index (κ3) is 3.46. The zero-order valence-corrected chi connectivity index (χ0v) is 19.7. The SMILES string of the molecule is CN(C)C(=O)c1nccc(Nc2c(N[C@@H]3c4occ(C5CC5)c4CCC3(C)C)c(=O)c2=O)c1O. The van der Waals surface area contributed by atoms with E-state index < -0.39 is 16.8 Å². The molecule has 9 heteroatoms. The van der Waals surface area contributed by atoms with Gasteiger partial charge in [-0.2, -0.15) is 0 Å². The van der Waals surface area contributed by atoms with E-state index in [4.69, 9.17) is 4.42 Å². The summed E-state index contributed by atoms with van der Waals surface area (Å²) in [5, 5.41) is 16.7. The highest BCUT2D eigenvalue weighted by Gasteiger charge is 2.43. The summed E-state index contributed by atoms with van der Waals surface area (Å²) in [5.41, 5.74) is 1.11. The molecule has 34 heavy (non-hydrogen) atoms. The Bertz CT molecular complexity index is 1360. The number of nitrogens with zero attached hydrogens (tertiary/aromatic N) is 2. The van der Waals surface area contributed by atoms with Crippen LogP contribution in [0.4, 0.5) is 17.1 Å². The van der Waals surface area contributed by atoms with Crippen LogP contribution in [0.15, 0.2) is 32.5 Å². The molecule has 0 saturated heterocycles. The first kappa shape index (κ1) is 22.2. The van der Waals surface area contributed by atoms with E-state index in [1.807, 2.05) is 6.26 Å². The fourth-order valence-electron chi connectivity index (χ4n) is 4.72. The molecule has 2 aliphatic carbocycles. The molecule has 3 aromatic rings. The van der Waals surface area contributed by atoms with Crippen LogP contribution in [0, 0.1) is 5.41 Å². The first-order valence-corrected chi connectivity index (χ1v) is 11.5. The lowest BCUT2D eigenvalue weighted by Gasteiger charge is -2.39. The monoisotopic (exact) mass is 464 g/mol. The summed E-state index contributed by atoms with van der Waals surface area (Å²) in [6.07, 6.45) is 7.39. The first-order valence-electron chi connectivity index (χ1n) is 11.5. The van der Waals surface area contributed by atoms with Gasteiger partial charge < -0.3 is 25.1 Å². The number of hydrogen-bond donors (Lipinski definition) is 3. The molecule has 3 N–H and O–H groups in total.